The quantitative estimate of drug-likeness (QED) is 0.702. The fourth-order valence-electron chi connectivity index (χ4n) is 1.33. The van der Waals surface area contributed by atoms with E-state index in [4.69, 9.17) is 0 Å². The zero-order valence-corrected chi connectivity index (χ0v) is 8.54. The second-order valence-electron chi connectivity index (χ2n) is 2.94. The van der Waals surface area contributed by atoms with Crippen molar-refractivity contribution in [1.29, 1.82) is 0 Å². The van der Waals surface area contributed by atoms with Crippen LogP contribution in [0, 0.1) is 6.92 Å². The number of aldehydes is 1. The normalized spacial score (nSPS) is 10.1. The van der Waals surface area contributed by atoms with Gasteiger partial charge in [-0.3, -0.25) is 4.79 Å². The van der Waals surface area contributed by atoms with Crippen molar-refractivity contribution in [1.82, 2.24) is 4.98 Å². The molecule has 0 radical (unpaired) electrons. The minimum Gasteiger partial charge on any atom is -0.295 e. The van der Waals surface area contributed by atoms with Gasteiger partial charge in [0.1, 0.15) is 0 Å². The zero-order valence-electron chi connectivity index (χ0n) is 7.73. The maximum atomic E-state index is 10.6. The van der Waals surface area contributed by atoms with E-state index in [-0.39, 0.29) is 0 Å². The molecule has 0 fully saturated rings. The maximum Gasteiger partial charge on any atom is 0.178 e. The molecule has 0 bridgehead atoms. The molecule has 0 saturated carbocycles. The minimum atomic E-state index is 0.543. The number of hydrogen-bond donors (Lipinski definition) is 0. The fraction of sp³-hybridized carbons (Fsp3) is 0.0909. The van der Waals surface area contributed by atoms with Gasteiger partial charge in [-0.1, -0.05) is 30.3 Å². The van der Waals surface area contributed by atoms with Crippen molar-refractivity contribution in [3.8, 4) is 11.3 Å². The molecule has 0 aliphatic heterocycles. The molecule has 2 nitrogen and oxygen atoms in total. The van der Waals surface area contributed by atoms with E-state index in [1.54, 1.807) is 0 Å². The third-order valence-electron chi connectivity index (χ3n) is 1.96. The first kappa shape index (κ1) is 9.09. The number of carbonyl (C=O) groups is 1. The van der Waals surface area contributed by atoms with Crippen molar-refractivity contribution < 1.29 is 4.79 Å². The van der Waals surface area contributed by atoms with E-state index >= 15 is 0 Å². The molecule has 2 rings (SSSR count). The Morgan fingerprint density at radius 2 is 2.00 bits per heavy atom. The lowest BCUT2D eigenvalue weighted by atomic mass is 10.1. The van der Waals surface area contributed by atoms with Gasteiger partial charge >= 0.3 is 0 Å². The summed E-state index contributed by atoms with van der Waals surface area (Å²) in [4.78, 5) is 15.9. The molecule has 0 aliphatic rings. The molecule has 70 valence electrons. The van der Waals surface area contributed by atoms with Crippen molar-refractivity contribution in [2.24, 2.45) is 0 Å². The van der Waals surface area contributed by atoms with Crippen LogP contribution in [-0.4, -0.2) is 11.3 Å². The first-order valence-electron chi connectivity index (χ1n) is 4.29. The fourth-order valence-corrected chi connectivity index (χ4v) is 2.09. The lowest BCUT2D eigenvalue weighted by Gasteiger charge is -1.96. The molecule has 1 aromatic carbocycles. The predicted octanol–water partition coefficient (Wildman–Crippen LogP) is 2.93. The van der Waals surface area contributed by atoms with Crippen LogP contribution in [0.2, 0.25) is 0 Å². The van der Waals surface area contributed by atoms with Crippen LogP contribution in [0.25, 0.3) is 11.3 Å². The van der Waals surface area contributed by atoms with Gasteiger partial charge in [0.05, 0.1) is 5.69 Å². The molecule has 3 heteroatoms. The topological polar surface area (TPSA) is 30.0 Å². The highest BCUT2D eigenvalue weighted by Gasteiger charge is 2.07. The summed E-state index contributed by atoms with van der Waals surface area (Å²) in [6.07, 6.45) is 0.796. The molecule has 0 saturated heterocycles. The third kappa shape index (κ3) is 1.59. The summed E-state index contributed by atoms with van der Waals surface area (Å²) in [6, 6.07) is 9.89. The maximum absolute atomic E-state index is 10.6. The summed E-state index contributed by atoms with van der Waals surface area (Å²) in [5, 5.41) is 0.543. The summed E-state index contributed by atoms with van der Waals surface area (Å²) >= 11 is 1.43. The van der Waals surface area contributed by atoms with Crippen LogP contribution in [0.4, 0.5) is 0 Å². The van der Waals surface area contributed by atoms with E-state index in [0.29, 0.717) is 5.01 Å². The number of benzene rings is 1. The van der Waals surface area contributed by atoms with E-state index in [2.05, 4.69) is 4.98 Å². The Morgan fingerprint density at radius 1 is 1.29 bits per heavy atom. The molecular formula is C11H9NOS. The standard InChI is InChI=1S/C11H9NOS/c1-8-11(12-10(7-13)14-8)9-5-3-2-4-6-9/h2-7H,1H3. The Bertz CT molecular complexity index is 448. The highest BCUT2D eigenvalue weighted by Crippen LogP contribution is 2.26. The van der Waals surface area contributed by atoms with Crippen molar-refractivity contribution in [3.05, 3.63) is 40.2 Å². The zero-order chi connectivity index (χ0) is 9.97. The van der Waals surface area contributed by atoms with Crippen LogP contribution in [0.5, 0.6) is 0 Å². The number of rotatable bonds is 2. The molecule has 1 heterocycles. The minimum absolute atomic E-state index is 0.543. The summed E-state index contributed by atoms with van der Waals surface area (Å²) in [5.41, 5.74) is 1.98. The van der Waals surface area contributed by atoms with Crippen LogP contribution < -0.4 is 0 Å². The number of aromatic nitrogens is 1. The third-order valence-corrected chi connectivity index (χ3v) is 2.86. The number of aryl methyl sites for hydroxylation is 1. The van der Waals surface area contributed by atoms with Crippen molar-refractivity contribution in [2.75, 3.05) is 0 Å². The van der Waals surface area contributed by atoms with Gasteiger partial charge in [-0.25, -0.2) is 4.98 Å². The van der Waals surface area contributed by atoms with Gasteiger partial charge < -0.3 is 0 Å². The van der Waals surface area contributed by atoms with Gasteiger partial charge in [0.25, 0.3) is 0 Å². The summed E-state index contributed by atoms with van der Waals surface area (Å²) in [7, 11) is 0. The second kappa shape index (κ2) is 3.72. The largest absolute Gasteiger partial charge is 0.295 e. The lowest BCUT2D eigenvalue weighted by molar-refractivity contribution is 0.112. The van der Waals surface area contributed by atoms with Crippen LogP contribution in [0.1, 0.15) is 14.7 Å². The van der Waals surface area contributed by atoms with E-state index in [1.807, 2.05) is 37.3 Å². The van der Waals surface area contributed by atoms with Crippen LogP contribution >= 0.6 is 11.3 Å². The Kier molecular flexibility index (Phi) is 2.41. The van der Waals surface area contributed by atoms with Crippen LogP contribution in [0.15, 0.2) is 30.3 Å². The molecule has 2 aromatic rings. The summed E-state index contributed by atoms with van der Waals surface area (Å²) in [5.74, 6) is 0. The molecule has 0 atom stereocenters. The van der Waals surface area contributed by atoms with Crippen LogP contribution in [0.3, 0.4) is 0 Å². The molecule has 14 heavy (non-hydrogen) atoms. The average molecular weight is 203 g/mol. The molecule has 0 amide bonds. The van der Waals surface area contributed by atoms with Gasteiger partial charge in [-0.15, -0.1) is 11.3 Å². The average Bonchev–Trinajstić information content (AvgIpc) is 2.61. The Morgan fingerprint density at radius 3 is 2.57 bits per heavy atom. The van der Waals surface area contributed by atoms with Crippen molar-refractivity contribution in [2.45, 2.75) is 6.92 Å². The SMILES string of the molecule is Cc1sc(C=O)nc1-c1ccccc1. The molecule has 0 aliphatic carbocycles. The van der Waals surface area contributed by atoms with Crippen LogP contribution in [-0.2, 0) is 0 Å². The number of nitrogens with zero attached hydrogens (tertiary/aromatic N) is 1. The van der Waals surface area contributed by atoms with E-state index in [1.165, 1.54) is 11.3 Å². The highest BCUT2D eigenvalue weighted by molar-refractivity contribution is 7.13. The molecule has 0 spiro atoms. The summed E-state index contributed by atoms with van der Waals surface area (Å²) < 4.78 is 0. The summed E-state index contributed by atoms with van der Waals surface area (Å²) in [6.45, 7) is 1.98. The Hall–Kier alpha value is -1.48. The highest BCUT2D eigenvalue weighted by atomic mass is 32.1. The lowest BCUT2D eigenvalue weighted by Crippen LogP contribution is -1.80. The van der Waals surface area contributed by atoms with E-state index in [0.717, 1.165) is 22.4 Å². The van der Waals surface area contributed by atoms with Gasteiger partial charge in [-0.05, 0) is 6.92 Å². The first-order chi connectivity index (χ1) is 6.81. The molecule has 0 N–H and O–H groups in total. The van der Waals surface area contributed by atoms with E-state index < -0.39 is 0 Å². The number of thiazole rings is 1. The van der Waals surface area contributed by atoms with Gasteiger partial charge in [0, 0.05) is 10.4 Å². The van der Waals surface area contributed by atoms with Gasteiger partial charge in [0.2, 0.25) is 0 Å². The molecular weight excluding hydrogens is 194 g/mol. The van der Waals surface area contributed by atoms with E-state index in [9.17, 15) is 4.79 Å². The molecule has 0 unspecified atom stereocenters. The van der Waals surface area contributed by atoms with Gasteiger partial charge in [-0.2, -0.15) is 0 Å². The van der Waals surface area contributed by atoms with Crippen molar-refractivity contribution >= 4 is 17.6 Å². The monoisotopic (exact) mass is 203 g/mol. The smallest absolute Gasteiger partial charge is 0.178 e. The first-order valence-corrected chi connectivity index (χ1v) is 5.11. The Labute approximate surface area is 86.2 Å². The predicted molar refractivity (Wildman–Crippen MR) is 57.7 cm³/mol. The van der Waals surface area contributed by atoms with Gasteiger partial charge in [0.15, 0.2) is 11.3 Å². The number of hydrogen-bond acceptors (Lipinski definition) is 3. The number of carbonyl (C=O) groups excluding carboxylic acids is 1. The second-order valence-corrected chi connectivity index (χ2v) is 4.18. The Balaban J connectivity index is 2.51. The molecule has 1 aromatic heterocycles. The van der Waals surface area contributed by atoms with Crippen molar-refractivity contribution in [3.63, 3.8) is 0 Å².